The maximum absolute atomic E-state index is 5.36. The monoisotopic (exact) mass is 426 g/mol. The van der Waals surface area contributed by atoms with Gasteiger partial charge in [0, 0.05) is 31.4 Å². The highest BCUT2D eigenvalue weighted by Gasteiger charge is 2.19. The van der Waals surface area contributed by atoms with Crippen molar-refractivity contribution < 1.29 is 4.74 Å². The number of imidazole rings is 1. The molecule has 1 aliphatic heterocycles. The van der Waals surface area contributed by atoms with E-state index in [9.17, 15) is 0 Å². The standard InChI is InChI=1S/C27H30N4O/c1-20-4-6-21(7-5-20)23-10-13-26-29-27(22-8-11-24(32-2)12-9-22)25(31(26)18-23)19-30-16-3-14-28-15-17-30/h4-13,18,28H,3,14-17,19H2,1-2H3. The van der Waals surface area contributed by atoms with Crippen LogP contribution >= 0.6 is 0 Å². The van der Waals surface area contributed by atoms with Gasteiger partial charge in [-0.05, 0) is 74.0 Å². The Bertz CT molecular complexity index is 1190. The molecule has 5 nitrogen and oxygen atoms in total. The van der Waals surface area contributed by atoms with Gasteiger partial charge in [-0.25, -0.2) is 4.98 Å². The smallest absolute Gasteiger partial charge is 0.137 e. The Morgan fingerprint density at radius 2 is 1.62 bits per heavy atom. The van der Waals surface area contributed by atoms with Crippen molar-refractivity contribution in [2.45, 2.75) is 19.9 Å². The van der Waals surface area contributed by atoms with Crippen molar-refractivity contribution >= 4 is 5.65 Å². The molecule has 0 spiro atoms. The van der Waals surface area contributed by atoms with Gasteiger partial charge in [-0.1, -0.05) is 29.8 Å². The van der Waals surface area contributed by atoms with E-state index in [4.69, 9.17) is 9.72 Å². The first-order chi connectivity index (χ1) is 15.7. The average Bonchev–Trinajstić information content (AvgIpc) is 2.99. The quantitative estimate of drug-likeness (QED) is 0.499. The van der Waals surface area contributed by atoms with Gasteiger partial charge < -0.3 is 14.5 Å². The number of rotatable bonds is 5. The molecule has 0 atom stereocenters. The van der Waals surface area contributed by atoms with Crippen LogP contribution in [0.25, 0.3) is 28.0 Å². The minimum absolute atomic E-state index is 0.860. The molecule has 0 saturated carbocycles. The summed E-state index contributed by atoms with van der Waals surface area (Å²) < 4.78 is 7.65. The second kappa shape index (κ2) is 9.15. The lowest BCUT2D eigenvalue weighted by molar-refractivity contribution is 0.281. The van der Waals surface area contributed by atoms with Crippen LogP contribution in [-0.2, 0) is 6.54 Å². The molecule has 1 saturated heterocycles. The Kier molecular flexibility index (Phi) is 5.93. The van der Waals surface area contributed by atoms with Crippen molar-refractivity contribution in [3.05, 3.63) is 78.1 Å². The number of nitrogens with zero attached hydrogens (tertiary/aromatic N) is 3. The fourth-order valence-corrected chi connectivity index (χ4v) is 4.41. The van der Waals surface area contributed by atoms with E-state index >= 15 is 0 Å². The Hall–Kier alpha value is -3.15. The topological polar surface area (TPSA) is 41.8 Å². The van der Waals surface area contributed by atoms with Gasteiger partial charge in [0.2, 0.25) is 0 Å². The van der Waals surface area contributed by atoms with Gasteiger partial charge in [-0.2, -0.15) is 0 Å². The number of benzene rings is 2. The summed E-state index contributed by atoms with van der Waals surface area (Å²) in [5.74, 6) is 0.860. The Balaban J connectivity index is 1.61. The summed E-state index contributed by atoms with van der Waals surface area (Å²) >= 11 is 0. The van der Waals surface area contributed by atoms with Crippen LogP contribution in [0, 0.1) is 6.92 Å². The number of ether oxygens (including phenoxy) is 1. The number of nitrogens with one attached hydrogen (secondary N) is 1. The lowest BCUT2D eigenvalue weighted by Gasteiger charge is -2.20. The van der Waals surface area contributed by atoms with Crippen molar-refractivity contribution in [2.24, 2.45) is 0 Å². The van der Waals surface area contributed by atoms with E-state index in [1.54, 1.807) is 7.11 Å². The van der Waals surface area contributed by atoms with Gasteiger partial charge in [0.1, 0.15) is 11.4 Å². The molecule has 32 heavy (non-hydrogen) atoms. The third-order valence-electron chi connectivity index (χ3n) is 6.27. The summed E-state index contributed by atoms with van der Waals surface area (Å²) in [4.78, 5) is 7.59. The molecule has 0 bridgehead atoms. The van der Waals surface area contributed by atoms with Crippen LogP contribution in [-0.4, -0.2) is 47.6 Å². The van der Waals surface area contributed by atoms with Crippen LogP contribution in [0.15, 0.2) is 66.9 Å². The maximum Gasteiger partial charge on any atom is 0.137 e. The van der Waals surface area contributed by atoms with E-state index < -0.39 is 0 Å². The van der Waals surface area contributed by atoms with Gasteiger partial charge in [0.15, 0.2) is 0 Å². The molecule has 4 aromatic rings. The van der Waals surface area contributed by atoms with Gasteiger partial charge in [0.05, 0.1) is 18.5 Å². The van der Waals surface area contributed by atoms with E-state index in [0.717, 1.165) is 55.4 Å². The molecule has 5 heteroatoms. The summed E-state index contributed by atoms with van der Waals surface area (Å²) in [6.45, 7) is 7.27. The van der Waals surface area contributed by atoms with Crippen molar-refractivity contribution in [2.75, 3.05) is 33.3 Å². The largest absolute Gasteiger partial charge is 0.497 e. The fraction of sp³-hybridized carbons (Fsp3) is 0.296. The molecule has 2 aromatic heterocycles. The highest BCUT2D eigenvalue weighted by Crippen LogP contribution is 2.29. The Morgan fingerprint density at radius 3 is 2.41 bits per heavy atom. The van der Waals surface area contributed by atoms with E-state index in [0.29, 0.717) is 0 Å². The highest BCUT2D eigenvalue weighted by molar-refractivity contribution is 5.70. The number of fused-ring (bicyclic) bond motifs is 1. The molecule has 0 unspecified atom stereocenters. The molecule has 0 radical (unpaired) electrons. The van der Waals surface area contributed by atoms with Crippen LogP contribution in [0.3, 0.4) is 0 Å². The first-order valence-electron chi connectivity index (χ1n) is 11.4. The van der Waals surface area contributed by atoms with Crippen LogP contribution in [0.2, 0.25) is 0 Å². The second-order valence-electron chi connectivity index (χ2n) is 8.53. The predicted octanol–water partition coefficient (Wildman–Crippen LogP) is 4.78. The average molecular weight is 427 g/mol. The maximum atomic E-state index is 5.36. The molecule has 0 amide bonds. The highest BCUT2D eigenvalue weighted by atomic mass is 16.5. The zero-order chi connectivity index (χ0) is 21.9. The van der Waals surface area contributed by atoms with Crippen molar-refractivity contribution in [1.29, 1.82) is 0 Å². The Labute approximate surface area is 189 Å². The van der Waals surface area contributed by atoms with Crippen molar-refractivity contribution in [1.82, 2.24) is 19.6 Å². The zero-order valence-electron chi connectivity index (χ0n) is 18.8. The number of aromatic nitrogens is 2. The third-order valence-corrected chi connectivity index (χ3v) is 6.27. The van der Waals surface area contributed by atoms with Gasteiger partial charge >= 0.3 is 0 Å². The van der Waals surface area contributed by atoms with E-state index in [2.05, 4.69) is 76.3 Å². The van der Waals surface area contributed by atoms with Crippen LogP contribution in [0.4, 0.5) is 0 Å². The second-order valence-corrected chi connectivity index (χ2v) is 8.53. The van der Waals surface area contributed by atoms with Crippen molar-refractivity contribution in [3.63, 3.8) is 0 Å². The van der Waals surface area contributed by atoms with Gasteiger partial charge in [-0.3, -0.25) is 4.90 Å². The third kappa shape index (κ3) is 4.27. The molecule has 3 heterocycles. The SMILES string of the molecule is COc1ccc(-c2nc3ccc(-c4ccc(C)cc4)cn3c2CN2CCCNCC2)cc1. The summed E-state index contributed by atoms with van der Waals surface area (Å²) in [6, 6.07) is 21.3. The van der Waals surface area contributed by atoms with Crippen LogP contribution in [0.1, 0.15) is 17.7 Å². The molecule has 1 fully saturated rings. The number of pyridine rings is 1. The lowest BCUT2D eigenvalue weighted by Crippen LogP contribution is -2.28. The summed E-state index contributed by atoms with van der Waals surface area (Å²) in [5.41, 5.74) is 8.09. The molecular weight excluding hydrogens is 396 g/mol. The van der Waals surface area contributed by atoms with Crippen LogP contribution in [0.5, 0.6) is 5.75 Å². The van der Waals surface area contributed by atoms with E-state index in [1.165, 1.54) is 28.8 Å². The van der Waals surface area contributed by atoms with E-state index in [1.807, 2.05) is 12.1 Å². The first kappa shape index (κ1) is 20.7. The van der Waals surface area contributed by atoms with Crippen molar-refractivity contribution in [3.8, 4) is 28.1 Å². The van der Waals surface area contributed by atoms with Gasteiger partial charge in [-0.15, -0.1) is 0 Å². The number of hydrogen-bond donors (Lipinski definition) is 1. The Morgan fingerprint density at radius 1 is 0.875 bits per heavy atom. The molecule has 164 valence electrons. The summed E-state index contributed by atoms with van der Waals surface area (Å²) in [5, 5.41) is 3.51. The van der Waals surface area contributed by atoms with Crippen LogP contribution < -0.4 is 10.1 Å². The minimum Gasteiger partial charge on any atom is -0.497 e. The fourth-order valence-electron chi connectivity index (χ4n) is 4.41. The number of hydrogen-bond acceptors (Lipinski definition) is 4. The molecule has 0 aliphatic carbocycles. The van der Waals surface area contributed by atoms with Gasteiger partial charge in [0.25, 0.3) is 0 Å². The number of methoxy groups -OCH3 is 1. The summed E-state index contributed by atoms with van der Waals surface area (Å²) in [7, 11) is 1.70. The molecule has 1 N–H and O–H groups in total. The minimum atomic E-state index is 0.860. The zero-order valence-corrected chi connectivity index (χ0v) is 18.8. The molecule has 2 aromatic carbocycles. The molecule has 5 rings (SSSR count). The predicted molar refractivity (Wildman–Crippen MR) is 130 cm³/mol. The lowest BCUT2D eigenvalue weighted by atomic mass is 10.1. The molecular formula is C27H30N4O. The number of aryl methyl sites for hydroxylation is 1. The normalized spacial score (nSPS) is 15.1. The summed E-state index contributed by atoms with van der Waals surface area (Å²) in [6.07, 6.45) is 3.41. The molecule has 1 aliphatic rings. The van der Waals surface area contributed by atoms with E-state index in [-0.39, 0.29) is 0 Å². The first-order valence-corrected chi connectivity index (χ1v) is 11.4.